The number of hydrogen-bond donors (Lipinski definition) is 3. The highest BCUT2D eigenvalue weighted by Crippen LogP contribution is 2.59. The van der Waals surface area contributed by atoms with E-state index >= 15 is 0 Å². The Kier molecular flexibility index (Phi) is 5.89. The van der Waals surface area contributed by atoms with E-state index in [1.165, 1.54) is 4.90 Å². The van der Waals surface area contributed by atoms with E-state index in [-0.39, 0.29) is 24.3 Å². The maximum Gasteiger partial charge on any atom is 0.250 e. The zero-order valence-electron chi connectivity index (χ0n) is 20.2. The lowest BCUT2D eigenvalue weighted by atomic mass is 9.70. The van der Waals surface area contributed by atoms with Crippen molar-refractivity contribution in [1.82, 2.24) is 10.2 Å². The summed E-state index contributed by atoms with van der Waals surface area (Å²) in [5, 5.41) is 16.2. The van der Waals surface area contributed by atoms with E-state index < -0.39 is 35.6 Å². The molecule has 5 rings (SSSR count). The lowest BCUT2D eigenvalue weighted by Crippen LogP contribution is -2.54. The molecule has 0 radical (unpaired) electrons. The van der Waals surface area contributed by atoms with Crippen LogP contribution in [0.5, 0.6) is 0 Å². The summed E-state index contributed by atoms with van der Waals surface area (Å²) >= 11 is 0. The van der Waals surface area contributed by atoms with Gasteiger partial charge in [-0.3, -0.25) is 14.4 Å². The molecule has 1 spiro atoms. The molecule has 3 saturated heterocycles. The number of carbonyl (C=O) groups is 3. The third-order valence-electron chi connectivity index (χ3n) is 7.96. The lowest BCUT2D eigenvalue weighted by molar-refractivity contribution is -0.144. The quantitative estimate of drug-likeness (QED) is 0.591. The van der Waals surface area contributed by atoms with E-state index in [4.69, 9.17) is 4.74 Å². The third kappa shape index (κ3) is 3.46. The van der Waals surface area contributed by atoms with E-state index in [0.717, 1.165) is 16.7 Å². The average molecular weight is 478 g/mol. The van der Waals surface area contributed by atoms with Crippen molar-refractivity contribution in [1.29, 1.82) is 0 Å². The topological polar surface area (TPSA) is 108 Å². The van der Waals surface area contributed by atoms with Crippen LogP contribution in [0.4, 0.5) is 5.69 Å². The van der Waals surface area contributed by atoms with Gasteiger partial charge in [0.2, 0.25) is 17.7 Å². The van der Waals surface area contributed by atoms with Crippen molar-refractivity contribution in [3.05, 3.63) is 65.2 Å². The maximum absolute atomic E-state index is 14.1. The molecule has 3 N–H and O–H groups in total. The molecule has 184 valence electrons. The molecule has 2 aromatic carbocycles. The number of nitrogens with one attached hydrogen (secondary N) is 2. The maximum atomic E-state index is 14.1. The van der Waals surface area contributed by atoms with E-state index in [1.807, 2.05) is 62.4 Å². The minimum absolute atomic E-state index is 0.258. The van der Waals surface area contributed by atoms with Gasteiger partial charge < -0.3 is 25.4 Å². The molecule has 6 atom stereocenters. The molecule has 2 bridgehead atoms. The van der Waals surface area contributed by atoms with Crippen molar-refractivity contribution in [2.75, 3.05) is 19.0 Å². The van der Waals surface area contributed by atoms with Gasteiger partial charge in [0.15, 0.2) is 0 Å². The second-order valence-electron chi connectivity index (χ2n) is 9.78. The van der Waals surface area contributed by atoms with Gasteiger partial charge in [0.05, 0.1) is 30.6 Å². The van der Waals surface area contributed by atoms with Gasteiger partial charge in [-0.25, -0.2) is 0 Å². The van der Waals surface area contributed by atoms with Crippen LogP contribution >= 0.6 is 0 Å². The van der Waals surface area contributed by atoms with Gasteiger partial charge in [0, 0.05) is 12.7 Å². The summed E-state index contributed by atoms with van der Waals surface area (Å²) < 4.78 is 6.42. The first-order chi connectivity index (χ1) is 16.8. The average Bonchev–Trinajstić information content (AvgIpc) is 3.50. The Morgan fingerprint density at radius 2 is 1.80 bits per heavy atom. The highest BCUT2D eigenvalue weighted by Gasteiger charge is 2.75. The fraction of sp³-hybridized carbons (Fsp3) is 0.444. The largest absolute Gasteiger partial charge is 0.394 e. The zero-order valence-corrected chi connectivity index (χ0v) is 20.2. The minimum atomic E-state index is -1.12. The summed E-state index contributed by atoms with van der Waals surface area (Å²) in [7, 11) is 1.55. The molecule has 0 saturated carbocycles. The van der Waals surface area contributed by atoms with Crippen LogP contribution in [0.25, 0.3) is 0 Å². The first-order valence-electron chi connectivity index (χ1n) is 12.1. The van der Waals surface area contributed by atoms with Crippen molar-refractivity contribution in [3.63, 3.8) is 0 Å². The second-order valence-corrected chi connectivity index (χ2v) is 9.78. The van der Waals surface area contributed by atoms with E-state index in [0.29, 0.717) is 18.5 Å². The molecule has 3 aliphatic heterocycles. The summed E-state index contributed by atoms with van der Waals surface area (Å²) in [6, 6.07) is 13.2. The van der Waals surface area contributed by atoms with Crippen LogP contribution in [0.3, 0.4) is 0 Å². The number of likely N-dealkylation sites (tertiary alicyclic amines) is 1. The van der Waals surface area contributed by atoms with Gasteiger partial charge in [0.1, 0.15) is 11.6 Å². The van der Waals surface area contributed by atoms with Gasteiger partial charge in [0.25, 0.3) is 0 Å². The van der Waals surface area contributed by atoms with Crippen LogP contribution in [-0.4, -0.2) is 59.1 Å². The standard InChI is InChI=1S/C27H31N3O5/c1-15-8-7-9-16(2)22(15)29-25(33)23-27-13-12-19(35-27)20(24(32)28-3)21(27)26(34)30(23)18(14-31)17-10-5-4-6-11-17/h4-11,18-21,23,31H,12-14H2,1-3H3,(H,28,32)(H,29,33)/t18-,19-,20+,21+,23?,27?/m1/s1. The normalized spacial score (nSPS) is 29.7. The summed E-state index contributed by atoms with van der Waals surface area (Å²) in [6.07, 6.45) is 0.680. The molecule has 3 amide bonds. The van der Waals surface area contributed by atoms with Crippen molar-refractivity contribution in [3.8, 4) is 0 Å². The summed E-state index contributed by atoms with van der Waals surface area (Å²) in [5.41, 5.74) is 2.10. The van der Waals surface area contributed by atoms with Crippen LogP contribution < -0.4 is 10.6 Å². The number of aliphatic hydroxyl groups is 1. The number of ether oxygens (including phenoxy) is 1. The summed E-state index contributed by atoms with van der Waals surface area (Å²) in [6.45, 7) is 3.47. The second kappa shape index (κ2) is 8.77. The summed E-state index contributed by atoms with van der Waals surface area (Å²) in [5.74, 6) is -2.41. The Labute approximate surface area is 204 Å². The number of carbonyl (C=O) groups excluding carboxylic acids is 3. The van der Waals surface area contributed by atoms with Crippen LogP contribution in [0, 0.1) is 25.7 Å². The van der Waals surface area contributed by atoms with Crippen molar-refractivity contribution < 1.29 is 24.2 Å². The highest BCUT2D eigenvalue weighted by atomic mass is 16.5. The fourth-order valence-electron chi connectivity index (χ4n) is 6.43. The number of benzene rings is 2. The predicted molar refractivity (Wildman–Crippen MR) is 129 cm³/mol. The fourth-order valence-corrected chi connectivity index (χ4v) is 6.43. The molecule has 8 heteroatoms. The van der Waals surface area contributed by atoms with Crippen LogP contribution in [-0.2, 0) is 19.1 Å². The van der Waals surface area contributed by atoms with E-state index in [9.17, 15) is 19.5 Å². The van der Waals surface area contributed by atoms with Gasteiger partial charge in [-0.15, -0.1) is 0 Å². The molecular weight excluding hydrogens is 446 g/mol. The Morgan fingerprint density at radius 3 is 2.43 bits per heavy atom. The SMILES string of the molecule is CNC(=O)[C@@H]1[C@H]2C(=O)N([C@H](CO)c3ccccc3)C(C(=O)Nc3c(C)cccc3C)C23CC[C@H]1O3. The van der Waals surface area contributed by atoms with Gasteiger partial charge in [-0.05, 0) is 43.4 Å². The number of amides is 3. The minimum Gasteiger partial charge on any atom is -0.394 e. The smallest absolute Gasteiger partial charge is 0.250 e. The van der Waals surface area contributed by atoms with Crippen molar-refractivity contribution in [2.45, 2.75) is 50.5 Å². The highest BCUT2D eigenvalue weighted by molar-refractivity contribution is 6.04. The molecular formula is C27H31N3O5. The molecule has 2 aromatic rings. The first-order valence-corrected chi connectivity index (χ1v) is 12.1. The number of nitrogens with zero attached hydrogens (tertiary/aromatic N) is 1. The molecule has 8 nitrogen and oxygen atoms in total. The Bertz CT molecular complexity index is 1150. The number of rotatable bonds is 6. The molecule has 2 unspecified atom stereocenters. The van der Waals surface area contributed by atoms with E-state index in [1.54, 1.807) is 7.05 Å². The van der Waals surface area contributed by atoms with Gasteiger partial charge in [-0.2, -0.15) is 0 Å². The van der Waals surface area contributed by atoms with E-state index in [2.05, 4.69) is 10.6 Å². The summed E-state index contributed by atoms with van der Waals surface area (Å²) in [4.78, 5) is 42.4. The van der Waals surface area contributed by atoms with Crippen molar-refractivity contribution in [2.24, 2.45) is 11.8 Å². The molecule has 3 aliphatic rings. The number of para-hydroxylation sites is 1. The number of aliphatic hydroxyl groups excluding tert-OH is 1. The molecule has 35 heavy (non-hydrogen) atoms. The Hall–Kier alpha value is -3.23. The van der Waals surface area contributed by atoms with Crippen molar-refractivity contribution >= 4 is 23.4 Å². The van der Waals surface area contributed by atoms with Gasteiger partial charge in [-0.1, -0.05) is 48.5 Å². The molecule has 3 fully saturated rings. The third-order valence-corrected chi connectivity index (χ3v) is 7.96. The van der Waals surface area contributed by atoms with Gasteiger partial charge >= 0.3 is 0 Å². The molecule has 3 heterocycles. The monoisotopic (exact) mass is 477 g/mol. The first kappa shape index (κ1) is 23.5. The Morgan fingerprint density at radius 1 is 1.11 bits per heavy atom. The van der Waals surface area contributed by atoms with Crippen LogP contribution in [0.15, 0.2) is 48.5 Å². The van der Waals surface area contributed by atoms with Crippen LogP contribution in [0.1, 0.15) is 35.6 Å². The molecule has 0 aliphatic carbocycles. The predicted octanol–water partition coefficient (Wildman–Crippen LogP) is 2.10. The number of fused-ring (bicyclic) bond motifs is 1. The lowest BCUT2D eigenvalue weighted by Gasteiger charge is -2.37. The number of anilines is 1. The molecule has 0 aromatic heterocycles. The number of aryl methyl sites for hydroxylation is 2. The van der Waals surface area contributed by atoms with Crippen LogP contribution in [0.2, 0.25) is 0 Å². The Balaban J connectivity index is 1.61. The zero-order chi connectivity index (χ0) is 24.9. The number of hydrogen-bond acceptors (Lipinski definition) is 5.